The van der Waals surface area contributed by atoms with Crippen LogP contribution in [0, 0.1) is 6.92 Å². The van der Waals surface area contributed by atoms with Crippen LogP contribution in [0.3, 0.4) is 0 Å². The van der Waals surface area contributed by atoms with Crippen LogP contribution in [0.2, 0.25) is 0 Å². The zero-order valence-corrected chi connectivity index (χ0v) is 10.4. The molecule has 0 unspecified atom stereocenters. The van der Waals surface area contributed by atoms with Crippen molar-refractivity contribution in [1.82, 2.24) is 14.5 Å². The number of imidazole rings is 1. The zero-order chi connectivity index (χ0) is 11.5. The summed E-state index contributed by atoms with van der Waals surface area (Å²) in [5, 5.41) is 0. The summed E-state index contributed by atoms with van der Waals surface area (Å²) < 4.78 is 7.67. The van der Waals surface area contributed by atoms with Crippen molar-refractivity contribution in [2.45, 2.75) is 33.4 Å². The lowest BCUT2D eigenvalue weighted by Crippen LogP contribution is -2.36. The van der Waals surface area contributed by atoms with E-state index < -0.39 is 0 Å². The maximum Gasteiger partial charge on any atom is 0.105 e. The third-order valence-corrected chi connectivity index (χ3v) is 3.06. The molecule has 0 bridgehead atoms. The summed E-state index contributed by atoms with van der Waals surface area (Å²) in [5.74, 6) is 1.11. The topological polar surface area (TPSA) is 30.3 Å². The van der Waals surface area contributed by atoms with E-state index >= 15 is 0 Å². The number of ether oxygens (including phenoxy) is 1. The maximum absolute atomic E-state index is 5.36. The highest BCUT2D eigenvalue weighted by molar-refractivity contribution is 5.06. The van der Waals surface area contributed by atoms with Gasteiger partial charge in [0.2, 0.25) is 0 Å². The fourth-order valence-corrected chi connectivity index (χ4v) is 2.31. The molecule has 0 aliphatic carbocycles. The number of morpholine rings is 1. The standard InChI is InChI=1S/C12H21N3O/c1-10(2)15-11(3)13-8-12(15)9-14-4-6-16-7-5-14/h8,10H,4-7,9H2,1-3H3. The second kappa shape index (κ2) is 4.97. The third kappa shape index (κ3) is 2.44. The van der Waals surface area contributed by atoms with Crippen molar-refractivity contribution in [3.05, 3.63) is 17.7 Å². The van der Waals surface area contributed by atoms with Crippen molar-refractivity contribution in [3.63, 3.8) is 0 Å². The monoisotopic (exact) mass is 223 g/mol. The summed E-state index contributed by atoms with van der Waals surface area (Å²) in [6.07, 6.45) is 2.00. The van der Waals surface area contributed by atoms with Gasteiger partial charge in [-0.2, -0.15) is 0 Å². The van der Waals surface area contributed by atoms with E-state index in [0.717, 1.165) is 38.7 Å². The van der Waals surface area contributed by atoms with E-state index in [0.29, 0.717) is 6.04 Å². The fourth-order valence-electron chi connectivity index (χ4n) is 2.31. The van der Waals surface area contributed by atoms with Gasteiger partial charge in [0.1, 0.15) is 5.82 Å². The van der Waals surface area contributed by atoms with Crippen molar-refractivity contribution >= 4 is 0 Å². The van der Waals surface area contributed by atoms with E-state index in [-0.39, 0.29) is 0 Å². The van der Waals surface area contributed by atoms with E-state index in [2.05, 4.69) is 35.2 Å². The number of hydrogen-bond acceptors (Lipinski definition) is 3. The van der Waals surface area contributed by atoms with Crippen molar-refractivity contribution in [2.24, 2.45) is 0 Å². The average molecular weight is 223 g/mol. The summed E-state index contributed by atoms with van der Waals surface area (Å²) in [7, 11) is 0. The Balaban J connectivity index is 2.08. The molecule has 16 heavy (non-hydrogen) atoms. The highest BCUT2D eigenvalue weighted by atomic mass is 16.5. The minimum absolute atomic E-state index is 0.485. The van der Waals surface area contributed by atoms with Gasteiger partial charge < -0.3 is 9.30 Å². The maximum atomic E-state index is 5.36. The van der Waals surface area contributed by atoms with Crippen LogP contribution >= 0.6 is 0 Å². The highest BCUT2D eigenvalue weighted by Crippen LogP contribution is 2.15. The summed E-state index contributed by atoms with van der Waals surface area (Å²) >= 11 is 0. The lowest BCUT2D eigenvalue weighted by Gasteiger charge is -2.27. The molecule has 1 aliphatic heterocycles. The summed E-state index contributed by atoms with van der Waals surface area (Å²) in [4.78, 5) is 6.84. The zero-order valence-electron chi connectivity index (χ0n) is 10.4. The SMILES string of the molecule is Cc1ncc(CN2CCOCC2)n1C(C)C. The molecule has 2 heterocycles. The van der Waals surface area contributed by atoms with Crippen molar-refractivity contribution in [2.75, 3.05) is 26.3 Å². The molecular weight excluding hydrogens is 202 g/mol. The number of nitrogens with zero attached hydrogens (tertiary/aromatic N) is 3. The molecule has 4 nitrogen and oxygen atoms in total. The van der Waals surface area contributed by atoms with Crippen LogP contribution in [0.1, 0.15) is 31.4 Å². The van der Waals surface area contributed by atoms with Gasteiger partial charge in [0.25, 0.3) is 0 Å². The predicted octanol–water partition coefficient (Wildman–Crippen LogP) is 1.60. The lowest BCUT2D eigenvalue weighted by atomic mass is 10.3. The first kappa shape index (κ1) is 11.6. The van der Waals surface area contributed by atoms with Gasteiger partial charge in [-0.3, -0.25) is 4.90 Å². The van der Waals surface area contributed by atoms with Crippen LogP contribution in [0.5, 0.6) is 0 Å². The Morgan fingerprint density at radius 3 is 2.69 bits per heavy atom. The van der Waals surface area contributed by atoms with Gasteiger partial charge in [-0.05, 0) is 20.8 Å². The lowest BCUT2D eigenvalue weighted by molar-refractivity contribution is 0.0330. The molecule has 0 atom stereocenters. The minimum atomic E-state index is 0.485. The van der Waals surface area contributed by atoms with Crippen LogP contribution in [0.25, 0.3) is 0 Å². The molecule has 1 aliphatic rings. The molecule has 1 saturated heterocycles. The number of hydrogen-bond donors (Lipinski definition) is 0. The molecule has 0 N–H and O–H groups in total. The van der Waals surface area contributed by atoms with Gasteiger partial charge >= 0.3 is 0 Å². The van der Waals surface area contributed by atoms with E-state index in [9.17, 15) is 0 Å². The first-order valence-corrected chi connectivity index (χ1v) is 6.01. The molecule has 0 amide bonds. The second-order valence-electron chi connectivity index (χ2n) is 4.65. The van der Waals surface area contributed by atoms with Gasteiger partial charge in [0, 0.05) is 31.9 Å². The Bertz CT molecular complexity index is 340. The number of rotatable bonds is 3. The van der Waals surface area contributed by atoms with Crippen molar-refractivity contribution in [3.8, 4) is 0 Å². The Kier molecular flexibility index (Phi) is 3.61. The normalized spacial score (nSPS) is 18.2. The largest absolute Gasteiger partial charge is 0.379 e. The molecule has 1 fully saturated rings. The first-order valence-electron chi connectivity index (χ1n) is 6.01. The van der Waals surface area contributed by atoms with Crippen LogP contribution in [-0.4, -0.2) is 40.8 Å². The summed E-state index contributed by atoms with van der Waals surface area (Å²) in [6.45, 7) is 11.2. The summed E-state index contributed by atoms with van der Waals surface area (Å²) in [5.41, 5.74) is 1.31. The van der Waals surface area contributed by atoms with Crippen LogP contribution in [0.15, 0.2) is 6.20 Å². The average Bonchev–Trinajstić information content (AvgIpc) is 2.61. The Labute approximate surface area is 97.2 Å². The highest BCUT2D eigenvalue weighted by Gasteiger charge is 2.15. The summed E-state index contributed by atoms with van der Waals surface area (Å²) in [6, 6.07) is 0.485. The third-order valence-electron chi connectivity index (χ3n) is 3.06. The molecule has 90 valence electrons. The van der Waals surface area contributed by atoms with E-state index in [4.69, 9.17) is 4.74 Å². The van der Waals surface area contributed by atoms with Gasteiger partial charge in [0.15, 0.2) is 0 Å². The van der Waals surface area contributed by atoms with E-state index in [1.54, 1.807) is 0 Å². The van der Waals surface area contributed by atoms with Gasteiger partial charge in [0.05, 0.1) is 18.9 Å². The molecule has 0 radical (unpaired) electrons. The molecule has 0 aromatic carbocycles. The van der Waals surface area contributed by atoms with Gasteiger partial charge in [-0.15, -0.1) is 0 Å². The van der Waals surface area contributed by atoms with E-state index in [1.165, 1.54) is 5.69 Å². The smallest absolute Gasteiger partial charge is 0.105 e. The predicted molar refractivity (Wildman–Crippen MR) is 63.4 cm³/mol. The fraction of sp³-hybridized carbons (Fsp3) is 0.750. The Hall–Kier alpha value is -0.870. The minimum Gasteiger partial charge on any atom is -0.379 e. The van der Waals surface area contributed by atoms with Crippen molar-refractivity contribution < 1.29 is 4.74 Å². The van der Waals surface area contributed by atoms with Crippen molar-refractivity contribution in [1.29, 1.82) is 0 Å². The van der Waals surface area contributed by atoms with Gasteiger partial charge in [-0.1, -0.05) is 0 Å². The Morgan fingerprint density at radius 2 is 2.06 bits per heavy atom. The van der Waals surface area contributed by atoms with Crippen LogP contribution in [-0.2, 0) is 11.3 Å². The molecular formula is C12H21N3O. The van der Waals surface area contributed by atoms with Gasteiger partial charge in [-0.25, -0.2) is 4.98 Å². The van der Waals surface area contributed by atoms with Crippen LogP contribution in [0.4, 0.5) is 0 Å². The molecule has 2 rings (SSSR count). The van der Waals surface area contributed by atoms with E-state index in [1.807, 2.05) is 6.20 Å². The molecule has 4 heteroatoms. The molecule has 1 aromatic rings. The molecule has 0 saturated carbocycles. The number of aromatic nitrogens is 2. The number of aryl methyl sites for hydroxylation is 1. The second-order valence-corrected chi connectivity index (χ2v) is 4.65. The molecule has 1 aromatic heterocycles. The Morgan fingerprint density at radius 1 is 1.38 bits per heavy atom. The van der Waals surface area contributed by atoms with Crippen LogP contribution < -0.4 is 0 Å². The molecule has 0 spiro atoms. The first-order chi connectivity index (χ1) is 7.68. The quantitative estimate of drug-likeness (QED) is 0.780.